The van der Waals surface area contributed by atoms with Crippen molar-refractivity contribution in [1.29, 1.82) is 0 Å². The maximum atomic E-state index is 5.89. The number of nitrogens with zero attached hydrogens (tertiary/aromatic N) is 3. The first-order chi connectivity index (χ1) is 6.72. The Morgan fingerprint density at radius 3 is 2.86 bits per heavy atom. The van der Waals surface area contributed by atoms with Gasteiger partial charge in [0, 0.05) is 7.05 Å². The molecule has 0 aliphatic carbocycles. The summed E-state index contributed by atoms with van der Waals surface area (Å²) in [5.41, 5.74) is 7.72. The number of rotatable bonds is 2. The molecule has 14 heavy (non-hydrogen) atoms. The lowest BCUT2D eigenvalue weighted by Crippen LogP contribution is -1.92. The van der Waals surface area contributed by atoms with E-state index in [1.165, 1.54) is 0 Å². The fourth-order valence-corrected chi connectivity index (χ4v) is 2.08. The van der Waals surface area contributed by atoms with E-state index in [1.54, 1.807) is 23.9 Å². The van der Waals surface area contributed by atoms with Gasteiger partial charge < -0.3 is 10.3 Å². The van der Waals surface area contributed by atoms with Gasteiger partial charge in [0.25, 0.3) is 0 Å². The summed E-state index contributed by atoms with van der Waals surface area (Å²) in [5, 5.41) is 1.84. The second kappa shape index (κ2) is 3.42. The number of aromatic nitrogens is 3. The molecule has 0 aromatic carbocycles. The van der Waals surface area contributed by atoms with Crippen LogP contribution in [-0.4, -0.2) is 14.5 Å². The van der Waals surface area contributed by atoms with Crippen LogP contribution in [0.2, 0.25) is 0 Å². The van der Waals surface area contributed by atoms with E-state index >= 15 is 0 Å². The number of nitrogen functional groups attached to an aromatic ring is 1. The van der Waals surface area contributed by atoms with Crippen molar-refractivity contribution in [2.45, 2.75) is 13.3 Å². The molecule has 0 aliphatic heterocycles. The van der Waals surface area contributed by atoms with Crippen LogP contribution in [0.1, 0.15) is 11.9 Å². The normalized spacial score (nSPS) is 10.7. The highest BCUT2D eigenvalue weighted by atomic mass is 32.1. The van der Waals surface area contributed by atoms with Crippen LogP contribution in [0.3, 0.4) is 0 Å². The average molecular weight is 208 g/mol. The zero-order valence-electron chi connectivity index (χ0n) is 8.19. The van der Waals surface area contributed by atoms with Crippen molar-refractivity contribution in [3.63, 3.8) is 0 Å². The Morgan fingerprint density at radius 2 is 2.36 bits per heavy atom. The first kappa shape index (κ1) is 9.21. The van der Waals surface area contributed by atoms with Crippen LogP contribution in [0.15, 0.2) is 12.5 Å². The van der Waals surface area contributed by atoms with Gasteiger partial charge in [0.2, 0.25) is 0 Å². The molecule has 4 nitrogen and oxygen atoms in total. The highest BCUT2D eigenvalue weighted by Crippen LogP contribution is 2.29. The third-order valence-corrected chi connectivity index (χ3v) is 3.09. The van der Waals surface area contributed by atoms with Gasteiger partial charge >= 0.3 is 0 Å². The summed E-state index contributed by atoms with van der Waals surface area (Å²) in [6.45, 7) is 2.07. The zero-order chi connectivity index (χ0) is 10.1. The molecule has 0 fully saturated rings. The van der Waals surface area contributed by atoms with Gasteiger partial charge in [-0.05, 0) is 6.42 Å². The van der Waals surface area contributed by atoms with Gasteiger partial charge in [-0.3, -0.25) is 0 Å². The summed E-state index contributed by atoms with van der Waals surface area (Å²) in [7, 11) is 1.94. The molecule has 0 radical (unpaired) electrons. The lowest BCUT2D eigenvalue weighted by atomic mass is 10.3. The molecular formula is C9H12N4S. The highest BCUT2D eigenvalue weighted by Gasteiger charge is 2.12. The molecule has 2 N–H and O–H groups in total. The molecule has 0 spiro atoms. The molecule has 0 atom stereocenters. The Kier molecular flexibility index (Phi) is 2.25. The Balaban J connectivity index is 2.51. The second-order valence-corrected chi connectivity index (χ2v) is 4.18. The number of anilines is 1. The van der Waals surface area contributed by atoms with Crippen LogP contribution >= 0.6 is 11.3 Å². The molecule has 2 heterocycles. The minimum Gasteiger partial charge on any atom is -0.389 e. The first-order valence-corrected chi connectivity index (χ1v) is 5.26. The van der Waals surface area contributed by atoms with Crippen LogP contribution in [-0.2, 0) is 13.5 Å². The highest BCUT2D eigenvalue weighted by molar-refractivity contribution is 7.16. The molecule has 0 amide bonds. The predicted molar refractivity (Wildman–Crippen MR) is 58.1 cm³/mol. The van der Waals surface area contributed by atoms with E-state index in [0.717, 1.165) is 27.8 Å². The summed E-state index contributed by atoms with van der Waals surface area (Å²) in [4.78, 5) is 8.51. The molecule has 0 saturated carbocycles. The monoisotopic (exact) mass is 208 g/mol. The van der Waals surface area contributed by atoms with Gasteiger partial charge in [-0.25, -0.2) is 9.97 Å². The number of imidazole rings is 1. The fraction of sp³-hybridized carbons (Fsp3) is 0.333. The number of nitrogens with two attached hydrogens (primary N) is 1. The van der Waals surface area contributed by atoms with Crippen molar-refractivity contribution in [3.05, 3.63) is 17.5 Å². The van der Waals surface area contributed by atoms with E-state index in [4.69, 9.17) is 5.73 Å². The Labute approximate surface area is 86.4 Å². The number of hydrogen-bond donors (Lipinski definition) is 1. The van der Waals surface area contributed by atoms with Crippen LogP contribution in [0.25, 0.3) is 11.4 Å². The maximum absolute atomic E-state index is 5.89. The summed E-state index contributed by atoms with van der Waals surface area (Å²) < 4.78 is 1.92. The minimum atomic E-state index is 0.769. The molecule has 74 valence electrons. The molecule has 0 aliphatic rings. The minimum absolute atomic E-state index is 0.769. The van der Waals surface area contributed by atoms with Crippen LogP contribution in [0.4, 0.5) is 5.00 Å². The molecule has 0 saturated heterocycles. The van der Waals surface area contributed by atoms with Crippen molar-refractivity contribution in [1.82, 2.24) is 14.5 Å². The summed E-state index contributed by atoms with van der Waals surface area (Å²) in [6.07, 6.45) is 4.46. The van der Waals surface area contributed by atoms with E-state index in [9.17, 15) is 0 Å². The Morgan fingerprint density at radius 1 is 1.57 bits per heavy atom. The van der Waals surface area contributed by atoms with E-state index < -0.39 is 0 Å². The lowest BCUT2D eigenvalue weighted by Gasteiger charge is -1.97. The van der Waals surface area contributed by atoms with Gasteiger partial charge in [-0.2, -0.15) is 0 Å². The Bertz CT molecular complexity index is 443. The van der Waals surface area contributed by atoms with Crippen molar-refractivity contribution in [2.75, 3.05) is 5.73 Å². The predicted octanol–water partition coefficient (Wildman–Crippen LogP) is 1.69. The zero-order valence-corrected chi connectivity index (χ0v) is 9.01. The third kappa shape index (κ3) is 1.39. The van der Waals surface area contributed by atoms with E-state index in [0.29, 0.717) is 0 Å². The second-order valence-electron chi connectivity index (χ2n) is 3.06. The van der Waals surface area contributed by atoms with Gasteiger partial charge in [0.05, 0.1) is 23.2 Å². The molecular weight excluding hydrogens is 196 g/mol. The molecule has 2 rings (SSSR count). The quantitative estimate of drug-likeness (QED) is 0.817. The number of thiazole rings is 1. The maximum Gasteiger partial charge on any atom is 0.123 e. The van der Waals surface area contributed by atoms with Crippen LogP contribution in [0.5, 0.6) is 0 Å². The molecule has 5 heteroatoms. The van der Waals surface area contributed by atoms with Gasteiger partial charge in [0.15, 0.2) is 0 Å². The summed E-state index contributed by atoms with van der Waals surface area (Å²) >= 11 is 1.55. The molecule has 2 aromatic rings. The van der Waals surface area contributed by atoms with Crippen LogP contribution in [0, 0.1) is 0 Å². The number of hydrogen-bond acceptors (Lipinski definition) is 4. The van der Waals surface area contributed by atoms with Crippen molar-refractivity contribution >= 4 is 16.3 Å². The first-order valence-electron chi connectivity index (χ1n) is 4.44. The van der Waals surface area contributed by atoms with E-state index in [1.807, 2.05) is 11.6 Å². The Hall–Kier alpha value is -1.36. The molecule has 0 bridgehead atoms. The summed E-state index contributed by atoms with van der Waals surface area (Å²) in [5.74, 6) is 0. The van der Waals surface area contributed by atoms with Gasteiger partial charge in [0.1, 0.15) is 10.7 Å². The van der Waals surface area contributed by atoms with E-state index in [-0.39, 0.29) is 0 Å². The fourth-order valence-electron chi connectivity index (χ4n) is 1.30. The number of aryl methyl sites for hydroxylation is 2. The van der Waals surface area contributed by atoms with Crippen molar-refractivity contribution < 1.29 is 0 Å². The largest absolute Gasteiger partial charge is 0.389 e. The topological polar surface area (TPSA) is 56.7 Å². The average Bonchev–Trinajstić information content (AvgIpc) is 2.72. The van der Waals surface area contributed by atoms with Crippen LogP contribution < -0.4 is 5.73 Å². The molecule has 2 aromatic heterocycles. The van der Waals surface area contributed by atoms with Gasteiger partial charge in [-0.1, -0.05) is 6.92 Å². The molecule has 0 unspecified atom stereocenters. The smallest absolute Gasteiger partial charge is 0.123 e. The lowest BCUT2D eigenvalue weighted by molar-refractivity contribution is 0.916. The third-order valence-electron chi connectivity index (χ3n) is 2.06. The van der Waals surface area contributed by atoms with E-state index in [2.05, 4.69) is 16.9 Å². The van der Waals surface area contributed by atoms with Crippen molar-refractivity contribution in [3.8, 4) is 11.4 Å². The van der Waals surface area contributed by atoms with Gasteiger partial charge in [-0.15, -0.1) is 11.3 Å². The standard InChI is InChI=1S/C9H12N4S/c1-3-7-12-8(9(10)14-7)6-4-11-5-13(6)2/h4-5H,3,10H2,1-2H3. The summed E-state index contributed by atoms with van der Waals surface area (Å²) in [6, 6.07) is 0. The SMILES string of the molecule is CCc1nc(-c2cncn2C)c(N)s1. The van der Waals surface area contributed by atoms with Crippen molar-refractivity contribution in [2.24, 2.45) is 7.05 Å².